The molecule has 0 saturated heterocycles. The molecular formula is C11H22O4. The summed E-state index contributed by atoms with van der Waals surface area (Å²) in [6.07, 6.45) is 2.33. The van der Waals surface area contributed by atoms with E-state index in [4.69, 9.17) is 14.2 Å². The van der Waals surface area contributed by atoms with E-state index in [1.807, 2.05) is 0 Å². The minimum atomic E-state index is 0.224. The maximum atomic E-state index is 10.6. The molecular weight excluding hydrogens is 196 g/mol. The van der Waals surface area contributed by atoms with Crippen molar-refractivity contribution in [3.05, 3.63) is 0 Å². The van der Waals surface area contributed by atoms with Gasteiger partial charge in [0.25, 0.3) is 0 Å². The lowest BCUT2D eigenvalue weighted by atomic mass is 10.2. The maximum absolute atomic E-state index is 10.6. The van der Waals surface area contributed by atoms with Gasteiger partial charge in [-0.2, -0.15) is 0 Å². The molecule has 0 aromatic heterocycles. The molecule has 0 fully saturated rings. The minimum Gasteiger partial charge on any atom is -0.382 e. The molecule has 0 heterocycles. The monoisotopic (exact) mass is 218 g/mol. The summed E-state index contributed by atoms with van der Waals surface area (Å²) in [5, 5.41) is 0. The van der Waals surface area contributed by atoms with E-state index in [-0.39, 0.29) is 5.78 Å². The van der Waals surface area contributed by atoms with E-state index < -0.39 is 0 Å². The number of methoxy groups -OCH3 is 1. The Morgan fingerprint density at radius 3 is 2.13 bits per heavy atom. The van der Waals surface area contributed by atoms with Crippen molar-refractivity contribution in [1.29, 1.82) is 0 Å². The van der Waals surface area contributed by atoms with Gasteiger partial charge in [0.1, 0.15) is 5.78 Å². The number of rotatable bonds is 11. The van der Waals surface area contributed by atoms with Gasteiger partial charge in [0.2, 0.25) is 0 Å². The molecule has 0 saturated carbocycles. The lowest BCUT2D eigenvalue weighted by molar-refractivity contribution is -0.117. The molecule has 0 aromatic rings. The van der Waals surface area contributed by atoms with Crippen LogP contribution in [0.15, 0.2) is 0 Å². The number of ketones is 1. The van der Waals surface area contributed by atoms with E-state index in [0.29, 0.717) is 39.5 Å². The zero-order valence-corrected chi connectivity index (χ0v) is 9.79. The number of carbonyl (C=O) groups is 1. The minimum absolute atomic E-state index is 0.224. The van der Waals surface area contributed by atoms with Crippen molar-refractivity contribution in [2.24, 2.45) is 0 Å². The average Bonchev–Trinajstić information content (AvgIpc) is 2.20. The Morgan fingerprint density at radius 1 is 0.933 bits per heavy atom. The highest BCUT2D eigenvalue weighted by Gasteiger charge is 1.94. The number of hydrogen-bond donors (Lipinski definition) is 0. The molecule has 0 radical (unpaired) electrons. The highest BCUT2D eigenvalue weighted by Crippen LogP contribution is 1.92. The van der Waals surface area contributed by atoms with Gasteiger partial charge in [-0.25, -0.2) is 0 Å². The van der Waals surface area contributed by atoms with Gasteiger partial charge < -0.3 is 19.0 Å². The molecule has 0 aromatic carbocycles. The zero-order valence-electron chi connectivity index (χ0n) is 9.79. The predicted molar refractivity (Wildman–Crippen MR) is 58.0 cm³/mol. The second kappa shape index (κ2) is 11.6. The highest BCUT2D eigenvalue weighted by atomic mass is 16.5. The summed E-state index contributed by atoms with van der Waals surface area (Å²) in [6.45, 7) is 4.95. The molecule has 0 aliphatic carbocycles. The van der Waals surface area contributed by atoms with Gasteiger partial charge >= 0.3 is 0 Å². The van der Waals surface area contributed by atoms with Crippen molar-refractivity contribution in [2.75, 3.05) is 40.1 Å². The van der Waals surface area contributed by atoms with Crippen molar-refractivity contribution in [2.45, 2.75) is 26.2 Å². The van der Waals surface area contributed by atoms with Gasteiger partial charge in [-0.05, 0) is 19.8 Å². The first-order chi connectivity index (χ1) is 7.27. The fraction of sp³-hybridized carbons (Fsp3) is 0.909. The standard InChI is InChI=1S/C11H22O4/c1-11(12)5-3-6-14-7-4-8-15-10-9-13-2/h3-10H2,1-2H3. The molecule has 0 atom stereocenters. The molecule has 0 bridgehead atoms. The molecule has 0 amide bonds. The quantitative estimate of drug-likeness (QED) is 0.492. The van der Waals surface area contributed by atoms with E-state index in [9.17, 15) is 4.79 Å². The van der Waals surface area contributed by atoms with E-state index >= 15 is 0 Å². The van der Waals surface area contributed by atoms with E-state index in [0.717, 1.165) is 12.8 Å². The molecule has 0 aliphatic heterocycles. The molecule has 4 nitrogen and oxygen atoms in total. The number of carbonyl (C=O) groups excluding carboxylic acids is 1. The van der Waals surface area contributed by atoms with Gasteiger partial charge in [0.15, 0.2) is 0 Å². The predicted octanol–water partition coefficient (Wildman–Crippen LogP) is 1.43. The normalized spacial score (nSPS) is 10.5. The molecule has 0 unspecified atom stereocenters. The molecule has 90 valence electrons. The number of hydrogen-bond acceptors (Lipinski definition) is 4. The van der Waals surface area contributed by atoms with Crippen LogP contribution in [0.2, 0.25) is 0 Å². The fourth-order valence-corrected chi connectivity index (χ4v) is 1.03. The third kappa shape index (κ3) is 13.6. The van der Waals surface area contributed by atoms with Crippen molar-refractivity contribution in [3.63, 3.8) is 0 Å². The van der Waals surface area contributed by atoms with Gasteiger partial charge in [0.05, 0.1) is 13.2 Å². The van der Waals surface area contributed by atoms with Crippen molar-refractivity contribution in [3.8, 4) is 0 Å². The third-order valence-corrected chi connectivity index (χ3v) is 1.83. The molecule has 0 aliphatic rings. The van der Waals surface area contributed by atoms with Crippen LogP contribution < -0.4 is 0 Å². The topological polar surface area (TPSA) is 44.8 Å². The Morgan fingerprint density at radius 2 is 1.53 bits per heavy atom. The Labute approximate surface area is 91.9 Å². The molecule has 4 heteroatoms. The van der Waals surface area contributed by atoms with Crippen molar-refractivity contribution < 1.29 is 19.0 Å². The number of Topliss-reactive ketones (excluding diaryl/α,β-unsaturated/α-hetero) is 1. The van der Waals surface area contributed by atoms with E-state index in [2.05, 4.69) is 0 Å². The van der Waals surface area contributed by atoms with E-state index in [1.165, 1.54) is 0 Å². The van der Waals surface area contributed by atoms with Crippen LogP contribution in [-0.4, -0.2) is 45.9 Å². The first-order valence-corrected chi connectivity index (χ1v) is 5.41. The zero-order chi connectivity index (χ0) is 11.4. The van der Waals surface area contributed by atoms with Crippen molar-refractivity contribution >= 4 is 5.78 Å². The maximum Gasteiger partial charge on any atom is 0.129 e. The summed E-state index contributed by atoms with van der Waals surface area (Å²) in [6, 6.07) is 0. The molecule has 15 heavy (non-hydrogen) atoms. The molecule has 0 N–H and O–H groups in total. The third-order valence-electron chi connectivity index (χ3n) is 1.83. The van der Waals surface area contributed by atoms with Gasteiger partial charge in [-0.3, -0.25) is 0 Å². The molecule has 0 spiro atoms. The van der Waals surface area contributed by atoms with Crippen LogP contribution in [0.5, 0.6) is 0 Å². The number of ether oxygens (including phenoxy) is 3. The van der Waals surface area contributed by atoms with Crippen LogP contribution >= 0.6 is 0 Å². The summed E-state index contributed by atoms with van der Waals surface area (Å²) in [7, 11) is 1.65. The Kier molecular flexibility index (Phi) is 11.3. The highest BCUT2D eigenvalue weighted by molar-refractivity contribution is 5.75. The summed E-state index contributed by atoms with van der Waals surface area (Å²) in [4.78, 5) is 10.6. The summed E-state index contributed by atoms with van der Waals surface area (Å²) in [5.74, 6) is 0.224. The molecule has 0 rings (SSSR count). The van der Waals surface area contributed by atoms with Gasteiger partial charge in [-0.1, -0.05) is 0 Å². The first-order valence-electron chi connectivity index (χ1n) is 5.41. The van der Waals surface area contributed by atoms with Crippen LogP contribution in [-0.2, 0) is 19.0 Å². The summed E-state index contributed by atoms with van der Waals surface area (Å²) < 4.78 is 15.4. The smallest absolute Gasteiger partial charge is 0.129 e. The van der Waals surface area contributed by atoms with Crippen molar-refractivity contribution in [1.82, 2.24) is 0 Å². The largest absolute Gasteiger partial charge is 0.382 e. The second-order valence-electron chi connectivity index (χ2n) is 3.38. The van der Waals surface area contributed by atoms with Crippen LogP contribution in [0, 0.1) is 0 Å². The van der Waals surface area contributed by atoms with Gasteiger partial charge in [0, 0.05) is 33.4 Å². The Bertz CT molecular complexity index is 148. The summed E-state index contributed by atoms with van der Waals surface area (Å²) >= 11 is 0. The van der Waals surface area contributed by atoms with Crippen LogP contribution in [0.25, 0.3) is 0 Å². The summed E-state index contributed by atoms with van der Waals surface area (Å²) in [5.41, 5.74) is 0. The first kappa shape index (κ1) is 14.6. The Hall–Kier alpha value is -0.450. The fourth-order valence-electron chi connectivity index (χ4n) is 1.03. The second-order valence-corrected chi connectivity index (χ2v) is 3.38. The van der Waals surface area contributed by atoms with Gasteiger partial charge in [-0.15, -0.1) is 0 Å². The Balaban J connectivity index is 2.89. The van der Waals surface area contributed by atoms with Crippen LogP contribution in [0.3, 0.4) is 0 Å². The average molecular weight is 218 g/mol. The van der Waals surface area contributed by atoms with Crippen LogP contribution in [0.4, 0.5) is 0 Å². The van der Waals surface area contributed by atoms with E-state index in [1.54, 1.807) is 14.0 Å². The lowest BCUT2D eigenvalue weighted by Gasteiger charge is -2.04. The SMILES string of the molecule is COCCOCCCOCCCC(C)=O. The van der Waals surface area contributed by atoms with Crippen LogP contribution in [0.1, 0.15) is 26.2 Å². The lowest BCUT2D eigenvalue weighted by Crippen LogP contribution is -2.06.